The van der Waals surface area contributed by atoms with Gasteiger partial charge < -0.3 is 41.4 Å². The molecule has 2 aliphatic heterocycles. The molecular formula is C51H62BrN8O4PS3. The molecule has 5 aromatic rings. The van der Waals surface area contributed by atoms with Crippen molar-refractivity contribution in [1.29, 1.82) is 0 Å². The molecule has 0 amide bonds. The van der Waals surface area contributed by atoms with Gasteiger partial charge in [-0.3, -0.25) is 9.59 Å². The Morgan fingerprint density at radius 1 is 0.824 bits per heavy atom. The summed E-state index contributed by atoms with van der Waals surface area (Å²) in [4.78, 5) is 38.0. The molecule has 0 radical (unpaired) electrons. The lowest BCUT2D eigenvalue weighted by Gasteiger charge is -2.19. The first-order chi connectivity index (χ1) is 33.0. The molecule has 68 heavy (non-hydrogen) atoms. The van der Waals surface area contributed by atoms with Gasteiger partial charge in [-0.05, 0) is 174 Å². The van der Waals surface area contributed by atoms with E-state index < -0.39 is 0 Å². The van der Waals surface area contributed by atoms with E-state index in [9.17, 15) is 9.59 Å². The summed E-state index contributed by atoms with van der Waals surface area (Å²) in [5, 5.41) is 8.13. The number of Topliss-reactive ketones (excluding diaryl/α,β-unsaturated/α-hetero) is 1. The number of hydrogen-bond donors (Lipinski definition) is 4. The maximum Gasteiger partial charge on any atom is 0.206 e. The number of aromatic nitrogens is 1. The first-order valence-electron chi connectivity index (χ1n) is 23.2. The van der Waals surface area contributed by atoms with Crippen LogP contribution < -0.4 is 31.6 Å². The Kier molecular flexibility index (Phi) is 19.3. The average molecular weight is 1060 g/mol. The van der Waals surface area contributed by atoms with Gasteiger partial charge in [0.15, 0.2) is 21.2 Å². The normalized spacial score (nSPS) is 18.1. The number of amidine groups is 1. The van der Waals surface area contributed by atoms with E-state index in [0.29, 0.717) is 55.8 Å². The predicted molar refractivity (Wildman–Crippen MR) is 293 cm³/mol. The van der Waals surface area contributed by atoms with Gasteiger partial charge in [-0.25, -0.2) is 4.98 Å². The lowest BCUT2D eigenvalue weighted by atomic mass is 10.0. The van der Waals surface area contributed by atoms with Crippen LogP contribution in [0.25, 0.3) is 0 Å². The van der Waals surface area contributed by atoms with Crippen LogP contribution >= 0.6 is 60.5 Å². The molecule has 4 aliphatic rings. The van der Waals surface area contributed by atoms with Crippen molar-refractivity contribution in [2.24, 2.45) is 10.7 Å². The highest BCUT2D eigenvalue weighted by Crippen LogP contribution is 2.41. The number of anilines is 4. The van der Waals surface area contributed by atoms with Crippen LogP contribution in [-0.2, 0) is 0 Å². The molecule has 3 heterocycles. The number of benzene rings is 4. The zero-order valence-electron chi connectivity index (χ0n) is 38.7. The van der Waals surface area contributed by atoms with Crippen molar-refractivity contribution in [2.45, 2.75) is 75.3 Å². The van der Waals surface area contributed by atoms with Gasteiger partial charge in [-0.1, -0.05) is 75.4 Å². The number of nitrogens with one attached hydrogen (secondary N) is 2. The number of thioether (sulfide) groups is 1. The molecule has 3 atom stereocenters. The largest absolute Gasteiger partial charge is 0.492 e. The van der Waals surface area contributed by atoms with Crippen molar-refractivity contribution in [3.63, 3.8) is 0 Å². The summed E-state index contributed by atoms with van der Waals surface area (Å²) in [7, 11) is 6.88. The molecule has 2 saturated heterocycles. The van der Waals surface area contributed by atoms with Gasteiger partial charge in [0.05, 0.1) is 5.33 Å². The summed E-state index contributed by atoms with van der Waals surface area (Å²) in [6.45, 7) is 3.74. The van der Waals surface area contributed by atoms with Crippen molar-refractivity contribution < 1.29 is 19.1 Å². The maximum absolute atomic E-state index is 13.0. The second-order valence-corrected chi connectivity index (χ2v) is 21.4. The standard InChI is InChI=1S/C25H28N4O2S.C15H23N4OPS2.C11H11BrO/c1-29-13-3-6-20(29)15-31-21-11-9-19(10-12-21)27-25-28-24(26)23(32-25)22(30)18-5-2-4-17(14-18)16-7-8-16;1-19-8-2-3-12(19)9-20-13-6-4-11(5-7-13)17-15(22)18-14(16)23-10-21;12-7-11(13)10-3-1-2-9(6-10)8-4-5-8/h2,4-5,9-12,14,16,20H,3,6-8,13,15,26H2,1H3,(H,27,28);4-7,12H,2-3,8-10,21H2,1H3,(H3,16,17,18,22);1-3,6,8H,4-5,7H2/t;12-;/m.0./s1. The number of nitrogens with zero attached hydrogens (tertiary/aromatic N) is 4. The molecule has 4 fully saturated rings. The van der Waals surface area contributed by atoms with E-state index >= 15 is 0 Å². The summed E-state index contributed by atoms with van der Waals surface area (Å²) in [5.74, 6) is 3.40. The molecule has 12 nitrogen and oxygen atoms in total. The number of nitrogens with two attached hydrogens (primary N) is 2. The number of nitrogen functional groups attached to an aromatic ring is 1. The molecule has 4 aromatic carbocycles. The molecule has 1 aromatic heterocycles. The van der Waals surface area contributed by atoms with Crippen LogP contribution in [0.4, 0.5) is 22.3 Å². The number of carbonyl (C=O) groups is 2. The number of hydrogen-bond acceptors (Lipinski definition) is 12. The first kappa shape index (κ1) is 51.4. The number of thiazole rings is 1. The molecule has 0 spiro atoms. The lowest BCUT2D eigenvalue weighted by molar-refractivity contribution is 0.102. The molecule has 6 N–H and O–H groups in total. The van der Waals surface area contributed by atoms with Gasteiger partial charge in [-0.2, -0.15) is 4.99 Å². The highest BCUT2D eigenvalue weighted by molar-refractivity contribution is 9.09. The smallest absolute Gasteiger partial charge is 0.206 e. The molecular weight excluding hydrogens is 996 g/mol. The van der Waals surface area contributed by atoms with E-state index in [1.54, 1.807) is 0 Å². The van der Waals surface area contributed by atoms with Crippen molar-refractivity contribution in [2.75, 3.05) is 67.6 Å². The Labute approximate surface area is 425 Å². The topological polar surface area (TPSA) is 160 Å². The van der Waals surface area contributed by atoms with E-state index in [1.165, 1.54) is 85.6 Å². The van der Waals surface area contributed by atoms with Crippen LogP contribution in [0.1, 0.15) is 99.9 Å². The number of thiocarbonyl (C=S) groups is 1. The van der Waals surface area contributed by atoms with Gasteiger partial charge in [0.2, 0.25) is 5.78 Å². The predicted octanol–water partition coefficient (Wildman–Crippen LogP) is 10.9. The number of carbonyl (C=O) groups excluding carboxylic acids is 2. The van der Waals surface area contributed by atoms with Gasteiger partial charge in [-0.15, -0.1) is 9.24 Å². The molecule has 2 unspecified atom stereocenters. The van der Waals surface area contributed by atoms with Crippen molar-refractivity contribution in [3.8, 4) is 11.5 Å². The van der Waals surface area contributed by atoms with Gasteiger partial charge in [0.1, 0.15) is 35.4 Å². The van der Waals surface area contributed by atoms with Crippen molar-refractivity contribution in [3.05, 3.63) is 124 Å². The number of likely N-dealkylation sites (N-methyl/N-ethyl adjacent to an activating group) is 2. The highest BCUT2D eigenvalue weighted by atomic mass is 79.9. The fraction of sp³-hybridized carbons (Fsp3) is 0.392. The fourth-order valence-corrected chi connectivity index (χ4v) is 10.3. The van der Waals surface area contributed by atoms with E-state index in [4.69, 9.17) is 33.2 Å². The molecule has 2 saturated carbocycles. The van der Waals surface area contributed by atoms with Gasteiger partial charge in [0.25, 0.3) is 0 Å². The average Bonchev–Trinajstić information content (AvgIpc) is 4.27. The second kappa shape index (κ2) is 25.4. The van der Waals surface area contributed by atoms with Crippen molar-refractivity contribution in [1.82, 2.24) is 14.8 Å². The fourth-order valence-electron chi connectivity index (χ4n) is 8.02. The lowest BCUT2D eigenvalue weighted by Crippen LogP contribution is -2.30. The third-order valence-electron chi connectivity index (χ3n) is 12.3. The van der Waals surface area contributed by atoms with E-state index in [2.05, 4.69) is 81.8 Å². The number of halogens is 1. The third-order valence-corrected chi connectivity index (χ3v) is 15.1. The highest BCUT2D eigenvalue weighted by Gasteiger charge is 2.26. The Morgan fingerprint density at radius 2 is 1.35 bits per heavy atom. The number of rotatable bonds is 16. The second-order valence-electron chi connectivity index (χ2n) is 17.5. The summed E-state index contributed by atoms with van der Waals surface area (Å²) in [6.07, 6.45) is 9.86. The van der Waals surface area contributed by atoms with Crippen LogP contribution in [0.5, 0.6) is 11.5 Å². The van der Waals surface area contributed by atoms with E-state index in [1.807, 2.05) is 84.9 Å². The maximum atomic E-state index is 13.0. The zero-order chi connectivity index (χ0) is 48.0. The summed E-state index contributed by atoms with van der Waals surface area (Å²) in [6, 6.07) is 32.4. The molecule has 17 heteroatoms. The number of likely N-dealkylation sites (tertiary alicyclic amines) is 2. The monoisotopic (exact) mass is 1060 g/mol. The number of alkyl halides is 1. The van der Waals surface area contributed by atoms with Crippen LogP contribution in [0.3, 0.4) is 0 Å². The van der Waals surface area contributed by atoms with E-state index in [-0.39, 0.29) is 17.4 Å². The Hall–Kier alpha value is -4.41. The van der Waals surface area contributed by atoms with Crippen LogP contribution in [-0.4, -0.2) is 99.9 Å². The molecule has 9 rings (SSSR count). The van der Waals surface area contributed by atoms with Crippen LogP contribution in [0.15, 0.2) is 102 Å². The SMILES string of the molecule is CN1CCCC1COc1ccc(Nc2nc(N)c(C(=O)c3cccc(C4CC4)c3)s2)cc1.CN1CCC[C@H]1COc1ccc(NC(=S)N=C(N)SCP)cc1.O=C(CBr)c1cccc(C2CC2)c1. The van der Waals surface area contributed by atoms with E-state index in [0.717, 1.165) is 59.5 Å². The Bertz CT molecular complexity index is 2500. The quantitative estimate of drug-likeness (QED) is 0.0185. The summed E-state index contributed by atoms with van der Waals surface area (Å²) < 4.78 is 11.8. The zero-order valence-corrected chi connectivity index (χ0v) is 43.9. The third kappa shape index (κ3) is 15.5. The minimum atomic E-state index is -0.0730. The molecule has 0 bridgehead atoms. The van der Waals surface area contributed by atoms with Crippen LogP contribution in [0.2, 0.25) is 0 Å². The van der Waals surface area contributed by atoms with Gasteiger partial charge >= 0.3 is 0 Å². The summed E-state index contributed by atoms with van der Waals surface area (Å²) in [5.41, 5.74) is 18.4. The Balaban J connectivity index is 0.000000165. The minimum Gasteiger partial charge on any atom is -0.492 e. The number of aliphatic imine (C=N–C) groups is 1. The first-order valence-corrected chi connectivity index (χ1v) is 27.3. The van der Waals surface area contributed by atoms with Crippen LogP contribution in [0, 0.1) is 0 Å². The van der Waals surface area contributed by atoms with Crippen molar-refractivity contribution >= 4 is 105 Å². The minimum absolute atomic E-state index is 0.0730. The van der Waals surface area contributed by atoms with Gasteiger partial charge in [0, 0.05) is 40.1 Å². The molecule has 2 aliphatic carbocycles. The Morgan fingerprint density at radius 3 is 1.85 bits per heavy atom. The number of ether oxygens (including phenoxy) is 2. The summed E-state index contributed by atoms with van der Waals surface area (Å²) >= 11 is 11.1. The number of ketones is 2. The molecule has 360 valence electrons.